The van der Waals surface area contributed by atoms with Crippen molar-refractivity contribution in [3.05, 3.63) is 35.4 Å². The molecule has 0 aromatic heterocycles. The molecule has 0 N–H and O–H groups in total. The Bertz CT molecular complexity index is 457. The summed E-state index contributed by atoms with van der Waals surface area (Å²) in [4.78, 5) is 2.59. The average Bonchev–Trinajstić information content (AvgIpc) is 2.59. The molecule has 1 saturated heterocycles. The largest absolute Gasteiger partial charge is 0.379 e. The van der Waals surface area contributed by atoms with Crippen molar-refractivity contribution in [3.8, 4) is 6.07 Å². The third-order valence-electron chi connectivity index (χ3n) is 4.51. The number of hydrogen-bond donors (Lipinski definition) is 0. The standard InChI is InChI=1S/C19H28N2O/c1-2-3-4-5-6-19(21-11-13-22-14-12-21)15-17-7-9-18(16-20)10-8-17/h7-10,19H,2-6,11-15H2,1H3. The van der Waals surface area contributed by atoms with E-state index in [4.69, 9.17) is 10.00 Å². The highest BCUT2D eigenvalue weighted by molar-refractivity contribution is 5.31. The van der Waals surface area contributed by atoms with Crippen molar-refractivity contribution in [1.82, 2.24) is 4.90 Å². The summed E-state index contributed by atoms with van der Waals surface area (Å²) in [5.41, 5.74) is 2.08. The van der Waals surface area contributed by atoms with E-state index in [0.717, 1.165) is 38.3 Å². The van der Waals surface area contributed by atoms with Crippen LogP contribution in [-0.2, 0) is 11.2 Å². The minimum Gasteiger partial charge on any atom is -0.379 e. The summed E-state index contributed by atoms with van der Waals surface area (Å²) in [5, 5.41) is 8.91. The highest BCUT2D eigenvalue weighted by Gasteiger charge is 2.20. The van der Waals surface area contributed by atoms with Crippen LogP contribution in [0.1, 0.15) is 50.2 Å². The van der Waals surface area contributed by atoms with E-state index in [1.165, 1.54) is 37.7 Å². The van der Waals surface area contributed by atoms with Crippen molar-refractivity contribution < 1.29 is 4.74 Å². The number of morpholine rings is 1. The monoisotopic (exact) mass is 300 g/mol. The Morgan fingerprint density at radius 1 is 1.14 bits per heavy atom. The zero-order valence-electron chi connectivity index (χ0n) is 13.8. The van der Waals surface area contributed by atoms with Crippen molar-refractivity contribution in [1.29, 1.82) is 5.26 Å². The lowest BCUT2D eigenvalue weighted by Gasteiger charge is -2.34. The fraction of sp³-hybridized carbons (Fsp3) is 0.632. The van der Waals surface area contributed by atoms with Gasteiger partial charge in [0, 0.05) is 19.1 Å². The van der Waals surface area contributed by atoms with Gasteiger partial charge >= 0.3 is 0 Å². The number of hydrogen-bond acceptors (Lipinski definition) is 3. The van der Waals surface area contributed by atoms with Crippen LogP contribution in [-0.4, -0.2) is 37.2 Å². The highest BCUT2D eigenvalue weighted by Crippen LogP contribution is 2.18. The van der Waals surface area contributed by atoms with Crippen molar-refractivity contribution in [2.75, 3.05) is 26.3 Å². The van der Waals surface area contributed by atoms with Crippen LogP contribution in [0.15, 0.2) is 24.3 Å². The lowest BCUT2D eigenvalue weighted by atomic mass is 9.97. The second kappa shape index (κ2) is 9.61. The Morgan fingerprint density at radius 2 is 1.86 bits per heavy atom. The van der Waals surface area contributed by atoms with Gasteiger partial charge in [-0.15, -0.1) is 0 Å². The van der Waals surface area contributed by atoms with Crippen LogP contribution < -0.4 is 0 Å². The molecule has 1 aliphatic heterocycles. The van der Waals surface area contributed by atoms with Crippen LogP contribution in [0, 0.1) is 11.3 Å². The van der Waals surface area contributed by atoms with E-state index in [-0.39, 0.29) is 0 Å². The quantitative estimate of drug-likeness (QED) is 0.686. The van der Waals surface area contributed by atoms with Crippen molar-refractivity contribution in [2.45, 2.75) is 51.5 Å². The molecule has 1 aromatic rings. The van der Waals surface area contributed by atoms with Gasteiger partial charge in [0.25, 0.3) is 0 Å². The molecule has 0 radical (unpaired) electrons. The predicted octanol–water partition coefficient (Wildman–Crippen LogP) is 3.77. The number of benzene rings is 1. The molecule has 0 bridgehead atoms. The van der Waals surface area contributed by atoms with E-state index in [9.17, 15) is 0 Å². The number of nitriles is 1. The summed E-state index contributed by atoms with van der Waals surface area (Å²) in [6.07, 6.45) is 7.62. The molecule has 0 amide bonds. The zero-order valence-corrected chi connectivity index (χ0v) is 13.8. The lowest BCUT2D eigenvalue weighted by molar-refractivity contribution is 0.0143. The fourth-order valence-electron chi connectivity index (χ4n) is 3.15. The molecular formula is C19H28N2O. The summed E-state index contributed by atoms with van der Waals surface area (Å²) in [6, 6.07) is 10.9. The summed E-state index contributed by atoms with van der Waals surface area (Å²) >= 11 is 0. The van der Waals surface area contributed by atoms with Gasteiger partial charge in [0.15, 0.2) is 0 Å². The molecule has 3 heteroatoms. The minimum atomic E-state index is 0.605. The van der Waals surface area contributed by atoms with Gasteiger partial charge in [-0.05, 0) is 30.5 Å². The Morgan fingerprint density at radius 3 is 2.50 bits per heavy atom. The van der Waals surface area contributed by atoms with Crippen molar-refractivity contribution in [3.63, 3.8) is 0 Å². The third kappa shape index (κ3) is 5.44. The second-order valence-corrected chi connectivity index (χ2v) is 6.16. The molecule has 1 atom stereocenters. The van der Waals surface area contributed by atoms with Gasteiger partial charge in [-0.2, -0.15) is 5.26 Å². The third-order valence-corrected chi connectivity index (χ3v) is 4.51. The van der Waals surface area contributed by atoms with Gasteiger partial charge in [0.05, 0.1) is 24.8 Å². The smallest absolute Gasteiger partial charge is 0.0991 e. The van der Waals surface area contributed by atoms with Crippen molar-refractivity contribution >= 4 is 0 Å². The molecule has 0 aliphatic carbocycles. The molecular weight excluding hydrogens is 272 g/mol. The summed E-state index contributed by atoms with van der Waals surface area (Å²) < 4.78 is 5.50. The molecule has 0 saturated carbocycles. The normalized spacial score (nSPS) is 17.1. The summed E-state index contributed by atoms with van der Waals surface area (Å²) in [6.45, 7) is 6.08. The SMILES string of the molecule is CCCCCCC(Cc1ccc(C#N)cc1)N1CCOCC1. The predicted molar refractivity (Wildman–Crippen MR) is 89.8 cm³/mol. The van der Waals surface area contributed by atoms with Gasteiger partial charge in [0.1, 0.15) is 0 Å². The van der Waals surface area contributed by atoms with Gasteiger partial charge in [-0.3, -0.25) is 4.90 Å². The van der Waals surface area contributed by atoms with Crippen LogP contribution in [0.5, 0.6) is 0 Å². The number of rotatable bonds is 8. The van der Waals surface area contributed by atoms with Crippen LogP contribution in [0.2, 0.25) is 0 Å². The molecule has 1 aliphatic rings. The molecule has 1 unspecified atom stereocenters. The van der Waals surface area contributed by atoms with Crippen LogP contribution >= 0.6 is 0 Å². The maximum atomic E-state index is 8.91. The fourth-order valence-corrected chi connectivity index (χ4v) is 3.15. The van der Waals surface area contributed by atoms with Gasteiger partial charge in [-0.1, -0.05) is 44.7 Å². The van der Waals surface area contributed by atoms with E-state index in [2.05, 4.69) is 30.0 Å². The number of ether oxygens (including phenoxy) is 1. The van der Waals surface area contributed by atoms with Gasteiger partial charge in [0.2, 0.25) is 0 Å². The molecule has 0 spiro atoms. The van der Waals surface area contributed by atoms with Gasteiger partial charge in [-0.25, -0.2) is 0 Å². The molecule has 1 fully saturated rings. The highest BCUT2D eigenvalue weighted by atomic mass is 16.5. The molecule has 2 rings (SSSR count). The summed E-state index contributed by atoms with van der Waals surface area (Å²) in [7, 11) is 0. The molecule has 120 valence electrons. The van der Waals surface area contributed by atoms with E-state index in [1.54, 1.807) is 0 Å². The van der Waals surface area contributed by atoms with Crippen molar-refractivity contribution in [2.24, 2.45) is 0 Å². The minimum absolute atomic E-state index is 0.605. The first-order valence-corrected chi connectivity index (χ1v) is 8.64. The average molecular weight is 300 g/mol. The maximum absolute atomic E-state index is 8.91. The molecule has 22 heavy (non-hydrogen) atoms. The topological polar surface area (TPSA) is 36.3 Å². The van der Waals surface area contributed by atoms with Gasteiger partial charge < -0.3 is 4.74 Å². The first-order valence-electron chi connectivity index (χ1n) is 8.64. The molecule has 1 aromatic carbocycles. The Kier molecular flexibility index (Phi) is 7.42. The van der Waals surface area contributed by atoms with E-state index in [1.807, 2.05) is 12.1 Å². The number of unbranched alkanes of at least 4 members (excludes halogenated alkanes) is 3. The Labute approximate surface area is 134 Å². The lowest BCUT2D eigenvalue weighted by Crippen LogP contribution is -2.44. The van der Waals surface area contributed by atoms with E-state index in [0.29, 0.717) is 6.04 Å². The van der Waals surface area contributed by atoms with Crippen LogP contribution in [0.3, 0.4) is 0 Å². The van der Waals surface area contributed by atoms with E-state index < -0.39 is 0 Å². The first-order chi connectivity index (χ1) is 10.8. The Hall–Kier alpha value is -1.37. The first kappa shape index (κ1) is 17.0. The summed E-state index contributed by atoms with van der Waals surface area (Å²) in [5.74, 6) is 0. The molecule has 3 nitrogen and oxygen atoms in total. The number of nitrogens with zero attached hydrogens (tertiary/aromatic N) is 2. The zero-order chi connectivity index (χ0) is 15.6. The Balaban J connectivity index is 1.94. The maximum Gasteiger partial charge on any atom is 0.0991 e. The second-order valence-electron chi connectivity index (χ2n) is 6.16. The van der Waals surface area contributed by atoms with E-state index >= 15 is 0 Å². The molecule has 1 heterocycles. The van der Waals surface area contributed by atoms with Crippen LogP contribution in [0.4, 0.5) is 0 Å². The van der Waals surface area contributed by atoms with Crippen LogP contribution in [0.25, 0.3) is 0 Å².